The number of carbonyl (C=O) groups is 1. The van der Waals surface area contributed by atoms with Crippen molar-refractivity contribution in [3.8, 4) is 17.2 Å². The molecule has 4 aromatic carbocycles. The van der Waals surface area contributed by atoms with E-state index in [4.69, 9.17) is 33.2 Å². The molecule has 13 heteroatoms. The summed E-state index contributed by atoms with van der Waals surface area (Å²) in [7, 11) is -4.02. The number of hydrogen-bond donors (Lipinski definition) is 0. The topological polar surface area (TPSA) is 122 Å². The zero-order chi connectivity index (χ0) is 38.3. The van der Waals surface area contributed by atoms with E-state index in [1.54, 1.807) is 11.0 Å². The number of amides is 1. The molecule has 0 aliphatic carbocycles. The highest BCUT2D eigenvalue weighted by Crippen LogP contribution is 2.40. The summed E-state index contributed by atoms with van der Waals surface area (Å²) in [5, 5.41) is 2.34. The number of fused-ring (bicyclic) bond motifs is 3. The van der Waals surface area contributed by atoms with Crippen LogP contribution in [0.1, 0.15) is 45.2 Å². The number of rotatable bonds is 12. The van der Waals surface area contributed by atoms with E-state index in [1.807, 2.05) is 64.1 Å². The molecule has 3 saturated heterocycles. The third-order valence-corrected chi connectivity index (χ3v) is 12.6. The van der Waals surface area contributed by atoms with Crippen LogP contribution < -0.4 is 14.2 Å². The summed E-state index contributed by atoms with van der Waals surface area (Å²) in [6, 6.07) is 26.4. The molecule has 0 saturated carbocycles. The van der Waals surface area contributed by atoms with Gasteiger partial charge in [-0.15, -0.1) is 0 Å². The standard InChI is InChI=1S/C42H48N2O10S/c1-27(2)22-43(55(46,47)33-15-16-36-37(21-33)52-26-51-36)23-38-35(44(42(3,4)54-38)41(45)53-39-25-50-40-34(39)17-18-48-40)20-28-10-13-32(14-11-28)49-24-29-9-12-30-7-5-6-8-31(30)19-29/h5-16,19,21,27,34-35,38-40H,17-18,20,22-26H2,1-4H3/t34-,35-,38+,39-,40+/m0/s1. The quantitative estimate of drug-likeness (QED) is 0.153. The first-order chi connectivity index (χ1) is 26.4. The highest BCUT2D eigenvalue weighted by molar-refractivity contribution is 7.89. The van der Waals surface area contributed by atoms with Gasteiger partial charge in [-0.2, -0.15) is 4.31 Å². The maximum absolute atomic E-state index is 14.3. The average Bonchev–Trinajstić information content (AvgIpc) is 3.95. The molecule has 4 aliphatic heterocycles. The molecule has 4 heterocycles. The lowest BCUT2D eigenvalue weighted by Gasteiger charge is -2.34. The normalized spacial score (nSPS) is 24.2. The Morgan fingerprint density at radius 3 is 2.49 bits per heavy atom. The highest BCUT2D eigenvalue weighted by Gasteiger charge is 2.53. The molecule has 0 N–H and O–H groups in total. The summed E-state index contributed by atoms with van der Waals surface area (Å²) < 4.78 is 71.5. The average molecular weight is 773 g/mol. The summed E-state index contributed by atoms with van der Waals surface area (Å²) >= 11 is 0. The Morgan fingerprint density at radius 1 is 0.927 bits per heavy atom. The minimum atomic E-state index is -4.02. The smallest absolute Gasteiger partial charge is 0.412 e. The summed E-state index contributed by atoms with van der Waals surface area (Å²) in [6.45, 7) is 9.06. The predicted octanol–water partition coefficient (Wildman–Crippen LogP) is 6.74. The second-order valence-electron chi connectivity index (χ2n) is 15.5. The number of benzene rings is 4. The van der Waals surface area contributed by atoms with Crippen molar-refractivity contribution in [2.75, 3.05) is 33.1 Å². The van der Waals surface area contributed by atoms with Gasteiger partial charge in [0.25, 0.3) is 0 Å². The molecule has 292 valence electrons. The Balaban J connectivity index is 1.05. The van der Waals surface area contributed by atoms with E-state index in [2.05, 4.69) is 30.3 Å². The molecule has 55 heavy (non-hydrogen) atoms. The van der Waals surface area contributed by atoms with Crippen molar-refractivity contribution in [2.24, 2.45) is 11.8 Å². The number of ether oxygens (including phenoxy) is 7. The summed E-state index contributed by atoms with van der Waals surface area (Å²) in [5.74, 6) is 1.55. The monoisotopic (exact) mass is 772 g/mol. The third kappa shape index (κ3) is 7.86. The van der Waals surface area contributed by atoms with Crippen LogP contribution in [0.15, 0.2) is 89.8 Å². The van der Waals surface area contributed by atoms with Gasteiger partial charge in [0.2, 0.25) is 16.8 Å². The van der Waals surface area contributed by atoms with E-state index < -0.39 is 40.1 Å². The molecule has 0 spiro atoms. The first-order valence-corrected chi connectivity index (χ1v) is 20.4. The molecule has 3 fully saturated rings. The molecule has 5 atom stereocenters. The minimum absolute atomic E-state index is 0.00353. The van der Waals surface area contributed by atoms with Gasteiger partial charge in [0.15, 0.2) is 17.8 Å². The van der Waals surface area contributed by atoms with Gasteiger partial charge in [-0.3, -0.25) is 4.90 Å². The van der Waals surface area contributed by atoms with Gasteiger partial charge in [0, 0.05) is 19.2 Å². The Labute approximate surface area is 322 Å². The largest absolute Gasteiger partial charge is 0.489 e. The number of hydrogen-bond acceptors (Lipinski definition) is 10. The van der Waals surface area contributed by atoms with Gasteiger partial charge in [-0.1, -0.05) is 62.4 Å². The van der Waals surface area contributed by atoms with Crippen molar-refractivity contribution in [1.82, 2.24) is 9.21 Å². The van der Waals surface area contributed by atoms with Crippen molar-refractivity contribution in [3.63, 3.8) is 0 Å². The maximum Gasteiger partial charge on any atom is 0.412 e. The Hall–Kier alpha value is -4.40. The Morgan fingerprint density at radius 2 is 1.69 bits per heavy atom. The van der Waals surface area contributed by atoms with Crippen LogP contribution in [0.25, 0.3) is 10.8 Å². The fraction of sp³-hybridized carbons (Fsp3) is 0.452. The van der Waals surface area contributed by atoms with Crippen LogP contribution in [0, 0.1) is 11.8 Å². The van der Waals surface area contributed by atoms with Crippen molar-refractivity contribution < 1.29 is 46.4 Å². The second kappa shape index (κ2) is 15.3. The van der Waals surface area contributed by atoms with E-state index in [-0.39, 0.29) is 49.5 Å². The SMILES string of the molecule is CC(C)CN(C[C@H]1OC(C)(C)N(C(=O)O[C@H]2CO[C@H]3OCC[C@H]32)[C@H]1Cc1ccc(OCc2ccc3ccccc3c2)cc1)S(=O)(=O)c1ccc2c(c1)OCO2. The zero-order valence-corrected chi connectivity index (χ0v) is 32.4. The van der Waals surface area contributed by atoms with E-state index >= 15 is 0 Å². The molecular weight excluding hydrogens is 725 g/mol. The lowest BCUT2D eigenvalue weighted by Crippen LogP contribution is -2.51. The van der Waals surface area contributed by atoms with Gasteiger partial charge in [0.1, 0.15) is 24.2 Å². The molecule has 4 aromatic rings. The van der Waals surface area contributed by atoms with E-state index in [1.165, 1.54) is 21.8 Å². The molecule has 8 rings (SSSR count). The number of nitrogens with zero attached hydrogens (tertiary/aromatic N) is 2. The van der Waals surface area contributed by atoms with Gasteiger partial charge in [0.05, 0.1) is 36.2 Å². The first-order valence-electron chi connectivity index (χ1n) is 18.9. The molecule has 0 bridgehead atoms. The van der Waals surface area contributed by atoms with E-state index in [9.17, 15) is 13.2 Å². The van der Waals surface area contributed by atoms with E-state index in [0.29, 0.717) is 36.9 Å². The first kappa shape index (κ1) is 37.5. The molecule has 4 aliphatic rings. The van der Waals surface area contributed by atoms with Gasteiger partial charge < -0.3 is 33.2 Å². The Kier molecular flexibility index (Phi) is 10.4. The predicted molar refractivity (Wildman–Crippen MR) is 203 cm³/mol. The minimum Gasteiger partial charge on any atom is -0.489 e. The van der Waals surface area contributed by atoms with Crippen LogP contribution in [0.3, 0.4) is 0 Å². The second-order valence-corrected chi connectivity index (χ2v) is 17.5. The third-order valence-electron chi connectivity index (χ3n) is 10.7. The van der Waals surface area contributed by atoms with Gasteiger partial charge in [-0.05, 0) is 84.8 Å². The number of carbonyl (C=O) groups excluding carboxylic acids is 1. The lowest BCUT2D eigenvalue weighted by atomic mass is 9.99. The molecule has 12 nitrogen and oxygen atoms in total. The van der Waals surface area contributed by atoms with Crippen molar-refractivity contribution in [3.05, 3.63) is 96.1 Å². The summed E-state index contributed by atoms with van der Waals surface area (Å²) in [5.41, 5.74) is 0.872. The fourth-order valence-electron chi connectivity index (χ4n) is 8.07. The van der Waals surface area contributed by atoms with Crippen LogP contribution in [0.2, 0.25) is 0 Å². The molecular formula is C42H48N2O10S. The van der Waals surface area contributed by atoms with E-state index in [0.717, 1.165) is 22.9 Å². The van der Waals surface area contributed by atoms with Crippen molar-refractivity contribution in [2.45, 2.75) is 82.3 Å². The maximum atomic E-state index is 14.3. The lowest BCUT2D eigenvalue weighted by molar-refractivity contribution is -0.0911. The summed E-state index contributed by atoms with van der Waals surface area (Å²) in [4.78, 5) is 16.0. The van der Waals surface area contributed by atoms with Gasteiger partial charge >= 0.3 is 6.09 Å². The molecule has 1 amide bonds. The van der Waals surface area contributed by atoms with Crippen molar-refractivity contribution in [1.29, 1.82) is 0 Å². The van der Waals surface area contributed by atoms with Crippen molar-refractivity contribution >= 4 is 26.9 Å². The zero-order valence-electron chi connectivity index (χ0n) is 31.6. The molecule has 0 radical (unpaired) electrons. The molecule has 0 unspecified atom stereocenters. The van der Waals surface area contributed by atoms with Gasteiger partial charge in [-0.25, -0.2) is 13.2 Å². The van der Waals surface area contributed by atoms with Crippen LogP contribution in [-0.4, -0.2) is 87.1 Å². The van der Waals surface area contributed by atoms with Crippen LogP contribution in [0.4, 0.5) is 4.79 Å². The Bertz CT molecular complexity index is 2120. The number of sulfonamides is 1. The fourth-order valence-corrected chi connectivity index (χ4v) is 9.70. The van der Waals surface area contributed by atoms with Crippen LogP contribution in [-0.2, 0) is 42.0 Å². The summed E-state index contributed by atoms with van der Waals surface area (Å²) in [6.07, 6.45) is -0.953. The van der Waals surface area contributed by atoms with Crippen LogP contribution >= 0.6 is 0 Å². The highest BCUT2D eigenvalue weighted by atomic mass is 32.2. The van der Waals surface area contributed by atoms with Crippen LogP contribution in [0.5, 0.6) is 17.2 Å². The molecule has 0 aromatic heterocycles.